The summed E-state index contributed by atoms with van der Waals surface area (Å²) in [4.78, 5) is 24.2. The quantitative estimate of drug-likeness (QED) is 0.825. The van der Waals surface area contributed by atoms with E-state index >= 15 is 0 Å². The first-order valence-corrected chi connectivity index (χ1v) is 7.66. The molecule has 0 aliphatic heterocycles. The van der Waals surface area contributed by atoms with Crippen molar-refractivity contribution in [1.82, 2.24) is 0 Å². The van der Waals surface area contributed by atoms with Crippen molar-refractivity contribution < 1.29 is 14.3 Å². The van der Waals surface area contributed by atoms with Gasteiger partial charge in [0.05, 0.1) is 16.3 Å². The molecule has 2 aromatic rings. The topological polar surface area (TPSA) is 55.4 Å². The molecule has 0 radical (unpaired) electrons. The van der Waals surface area contributed by atoms with E-state index in [0.717, 1.165) is 5.56 Å². The van der Waals surface area contributed by atoms with Gasteiger partial charge in [-0.1, -0.05) is 40.9 Å². The van der Waals surface area contributed by atoms with Crippen LogP contribution in [0.5, 0.6) is 0 Å². The van der Waals surface area contributed by atoms with Crippen LogP contribution in [-0.2, 0) is 9.53 Å². The molecule has 1 atom stereocenters. The monoisotopic (exact) mass is 351 g/mol. The van der Waals surface area contributed by atoms with Crippen molar-refractivity contribution in [1.29, 1.82) is 0 Å². The molecule has 1 N–H and O–H groups in total. The maximum absolute atomic E-state index is 12.1. The molecule has 120 valence electrons. The summed E-state index contributed by atoms with van der Waals surface area (Å²) in [6, 6.07) is 11.7. The third-order valence-electron chi connectivity index (χ3n) is 3.09. The second-order valence-corrected chi connectivity index (χ2v) is 5.87. The highest BCUT2D eigenvalue weighted by atomic mass is 35.5. The Bertz CT molecular complexity index is 746. The Morgan fingerprint density at radius 1 is 1.13 bits per heavy atom. The molecule has 1 unspecified atom stereocenters. The molecule has 0 spiro atoms. The van der Waals surface area contributed by atoms with Crippen LogP contribution in [-0.4, -0.2) is 18.0 Å². The largest absolute Gasteiger partial charge is 0.449 e. The molecule has 0 fully saturated rings. The van der Waals surface area contributed by atoms with Gasteiger partial charge in [-0.05, 0) is 44.2 Å². The van der Waals surface area contributed by atoms with E-state index in [-0.39, 0.29) is 0 Å². The van der Waals surface area contributed by atoms with Crippen LogP contribution in [0.1, 0.15) is 22.8 Å². The van der Waals surface area contributed by atoms with Crippen LogP contribution in [0, 0.1) is 6.92 Å². The number of aryl methyl sites for hydroxylation is 1. The first-order chi connectivity index (χ1) is 10.9. The normalized spacial score (nSPS) is 11.7. The van der Waals surface area contributed by atoms with Gasteiger partial charge in [0.25, 0.3) is 5.91 Å². The molecule has 0 saturated heterocycles. The van der Waals surface area contributed by atoms with E-state index in [1.165, 1.54) is 13.0 Å². The Kier molecular flexibility index (Phi) is 5.64. The molecule has 23 heavy (non-hydrogen) atoms. The van der Waals surface area contributed by atoms with Gasteiger partial charge in [0.2, 0.25) is 0 Å². The molecule has 2 rings (SSSR count). The lowest BCUT2D eigenvalue weighted by atomic mass is 10.1. The predicted octanol–water partition coefficient (Wildman–Crippen LogP) is 4.49. The number of halogens is 2. The highest BCUT2D eigenvalue weighted by Crippen LogP contribution is 2.25. The van der Waals surface area contributed by atoms with Crippen LogP contribution < -0.4 is 5.32 Å². The van der Waals surface area contributed by atoms with Crippen molar-refractivity contribution >= 4 is 40.8 Å². The third kappa shape index (κ3) is 4.71. The fourth-order valence-corrected chi connectivity index (χ4v) is 2.22. The van der Waals surface area contributed by atoms with E-state index in [2.05, 4.69) is 5.32 Å². The van der Waals surface area contributed by atoms with Crippen molar-refractivity contribution in [3.8, 4) is 0 Å². The number of hydrogen-bond acceptors (Lipinski definition) is 3. The molecule has 0 heterocycles. The molecule has 4 nitrogen and oxygen atoms in total. The van der Waals surface area contributed by atoms with Crippen LogP contribution >= 0.6 is 23.2 Å². The number of carbonyl (C=O) groups excluding carboxylic acids is 2. The van der Waals surface area contributed by atoms with E-state index in [9.17, 15) is 9.59 Å². The zero-order chi connectivity index (χ0) is 17.0. The van der Waals surface area contributed by atoms with Crippen molar-refractivity contribution in [2.75, 3.05) is 5.32 Å². The molecule has 0 bridgehead atoms. The maximum Gasteiger partial charge on any atom is 0.338 e. The predicted molar refractivity (Wildman–Crippen MR) is 91.1 cm³/mol. The Hall–Kier alpha value is -2.04. The number of carbonyl (C=O) groups is 2. The zero-order valence-corrected chi connectivity index (χ0v) is 14.1. The molecular formula is C17H15Cl2NO3. The highest BCUT2D eigenvalue weighted by molar-refractivity contribution is 6.35. The number of esters is 1. The van der Waals surface area contributed by atoms with E-state index < -0.39 is 18.0 Å². The van der Waals surface area contributed by atoms with Crippen molar-refractivity contribution in [2.24, 2.45) is 0 Å². The maximum atomic E-state index is 12.1. The summed E-state index contributed by atoms with van der Waals surface area (Å²) in [5.41, 5.74) is 1.69. The third-order valence-corrected chi connectivity index (χ3v) is 3.66. The van der Waals surface area contributed by atoms with Crippen LogP contribution in [0.3, 0.4) is 0 Å². The molecule has 0 aliphatic carbocycles. The second-order valence-electron chi connectivity index (χ2n) is 5.03. The summed E-state index contributed by atoms with van der Waals surface area (Å²) in [6.07, 6.45) is -0.974. The average Bonchev–Trinajstić information content (AvgIpc) is 2.50. The number of benzene rings is 2. The molecule has 0 saturated carbocycles. The Balaban J connectivity index is 2.02. The van der Waals surface area contributed by atoms with Crippen LogP contribution in [0.15, 0.2) is 42.5 Å². The zero-order valence-electron chi connectivity index (χ0n) is 12.6. The van der Waals surface area contributed by atoms with Crippen LogP contribution in [0.25, 0.3) is 0 Å². The number of anilines is 1. The molecule has 0 aliphatic rings. The van der Waals surface area contributed by atoms with E-state index in [4.69, 9.17) is 27.9 Å². The van der Waals surface area contributed by atoms with E-state index in [0.29, 0.717) is 21.3 Å². The number of hydrogen-bond donors (Lipinski definition) is 1. The number of amides is 1. The van der Waals surface area contributed by atoms with Crippen molar-refractivity contribution in [3.63, 3.8) is 0 Å². The summed E-state index contributed by atoms with van der Waals surface area (Å²) in [7, 11) is 0. The van der Waals surface area contributed by atoms with Crippen molar-refractivity contribution in [2.45, 2.75) is 20.0 Å². The lowest BCUT2D eigenvalue weighted by molar-refractivity contribution is -0.123. The Morgan fingerprint density at radius 2 is 1.87 bits per heavy atom. The second kappa shape index (κ2) is 7.49. The van der Waals surface area contributed by atoms with Gasteiger partial charge in [0.15, 0.2) is 6.10 Å². The Morgan fingerprint density at radius 3 is 2.57 bits per heavy atom. The molecule has 6 heteroatoms. The first kappa shape index (κ1) is 17.3. The summed E-state index contributed by atoms with van der Waals surface area (Å²) in [6.45, 7) is 3.36. The molecule has 0 aromatic heterocycles. The molecule has 2 aromatic carbocycles. The van der Waals surface area contributed by atoms with Gasteiger partial charge >= 0.3 is 5.97 Å². The minimum atomic E-state index is -0.974. The Labute approximate surface area is 144 Å². The van der Waals surface area contributed by atoms with Crippen LogP contribution in [0.4, 0.5) is 5.69 Å². The number of ether oxygens (including phenoxy) is 1. The smallest absolute Gasteiger partial charge is 0.338 e. The first-order valence-electron chi connectivity index (χ1n) is 6.90. The summed E-state index contributed by atoms with van der Waals surface area (Å²) >= 11 is 11.8. The van der Waals surface area contributed by atoms with Gasteiger partial charge < -0.3 is 10.1 Å². The van der Waals surface area contributed by atoms with Gasteiger partial charge in [-0.3, -0.25) is 4.79 Å². The summed E-state index contributed by atoms with van der Waals surface area (Å²) in [5.74, 6) is -1.05. The minimum absolute atomic E-state index is 0.347. The number of rotatable bonds is 4. The summed E-state index contributed by atoms with van der Waals surface area (Å²) < 4.78 is 5.17. The lowest BCUT2D eigenvalue weighted by Crippen LogP contribution is -2.30. The standard InChI is InChI=1S/C17H15Cl2NO3/c1-10-4-3-5-12(8-10)17(22)23-11(2)16(21)20-15-9-13(18)6-7-14(15)19/h3-9,11H,1-2H3,(H,20,21). The SMILES string of the molecule is Cc1cccc(C(=O)OC(C)C(=O)Nc2cc(Cl)ccc2Cl)c1. The highest BCUT2D eigenvalue weighted by Gasteiger charge is 2.20. The van der Waals surface area contributed by atoms with Crippen molar-refractivity contribution in [3.05, 3.63) is 63.6 Å². The van der Waals surface area contributed by atoms with E-state index in [1.54, 1.807) is 30.3 Å². The van der Waals surface area contributed by atoms with Crippen LogP contribution in [0.2, 0.25) is 10.0 Å². The van der Waals surface area contributed by atoms with Gasteiger partial charge in [-0.25, -0.2) is 4.79 Å². The average molecular weight is 352 g/mol. The lowest BCUT2D eigenvalue weighted by Gasteiger charge is -2.14. The summed E-state index contributed by atoms with van der Waals surface area (Å²) in [5, 5.41) is 3.37. The number of nitrogens with one attached hydrogen (secondary N) is 1. The van der Waals surface area contributed by atoms with Gasteiger partial charge in [0, 0.05) is 5.02 Å². The minimum Gasteiger partial charge on any atom is -0.449 e. The molecular weight excluding hydrogens is 337 g/mol. The molecule has 1 amide bonds. The van der Waals surface area contributed by atoms with Gasteiger partial charge in [0.1, 0.15) is 0 Å². The fourth-order valence-electron chi connectivity index (χ4n) is 1.88. The van der Waals surface area contributed by atoms with Gasteiger partial charge in [-0.15, -0.1) is 0 Å². The van der Waals surface area contributed by atoms with E-state index in [1.807, 2.05) is 13.0 Å². The van der Waals surface area contributed by atoms with Gasteiger partial charge in [-0.2, -0.15) is 0 Å². The fraction of sp³-hybridized carbons (Fsp3) is 0.176.